The molecule has 0 radical (unpaired) electrons. The van der Waals surface area contributed by atoms with Crippen LogP contribution in [0, 0.1) is 19.8 Å². The first-order valence-corrected chi connectivity index (χ1v) is 10.2. The van der Waals surface area contributed by atoms with Gasteiger partial charge < -0.3 is 9.47 Å². The third kappa shape index (κ3) is 3.77. The fourth-order valence-electron chi connectivity index (χ4n) is 3.35. The van der Waals surface area contributed by atoms with Crippen LogP contribution in [-0.4, -0.2) is 36.9 Å². The zero-order chi connectivity index (χ0) is 19.1. The molecule has 0 fully saturated rings. The molecule has 1 aliphatic heterocycles. The van der Waals surface area contributed by atoms with E-state index in [0.29, 0.717) is 36.9 Å². The summed E-state index contributed by atoms with van der Waals surface area (Å²) < 4.78 is 29.9. The molecule has 2 heterocycles. The monoisotopic (exact) mass is 375 g/mol. The Labute approximate surface area is 154 Å². The molecule has 6 nitrogen and oxygen atoms in total. The van der Waals surface area contributed by atoms with Gasteiger partial charge in [0.1, 0.15) is 10.6 Å². The Morgan fingerprint density at radius 2 is 1.73 bits per heavy atom. The molecule has 1 aromatic heterocycles. The lowest BCUT2D eigenvalue weighted by atomic mass is 10.1. The molecular formula is C19H25N3O3S. The van der Waals surface area contributed by atoms with Crippen LogP contribution in [0.2, 0.25) is 0 Å². The summed E-state index contributed by atoms with van der Waals surface area (Å²) in [5, 5.41) is 0. The van der Waals surface area contributed by atoms with Crippen molar-refractivity contribution in [2.24, 2.45) is 5.92 Å². The van der Waals surface area contributed by atoms with Crippen LogP contribution in [0.5, 0.6) is 0 Å². The number of nitrogens with zero attached hydrogens (tertiary/aromatic N) is 2. The van der Waals surface area contributed by atoms with Gasteiger partial charge in [0.25, 0.3) is 15.9 Å². The van der Waals surface area contributed by atoms with Gasteiger partial charge in [0.2, 0.25) is 0 Å². The summed E-state index contributed by atoms with van der Waals surface area (Å²) >= 11 is 0. The van der Waals surface area contributed by atoms with Crippen LogP contribution in [0.25, 0.3) is 0 Å². The molecule has 140 valence electrons. The van der Waals surface area contributed by atoms with Crippen LogP contribution in [0.3, 0.4) is 0 Å². The molecule has 1 aliphatic rings. The average Bonchev–Trinajstić information content (AvgIpc) is 2.94. The highest BCUT2D eigenvalue weighted by Crippen LogP contribution is 2.23. The number of carbonyl (C=O) groups excluding carboxylic acids is 1. The van der Waals surface area contributed by atoms with E-state index >= 15 is 0 Å². The number of sulfonamides is 1. The summed E-state index contributed by atoms with van der Waals surface area (Å²) in [7, 11) is -3.75. The zero-order valence-corrected chi connectivity index (χ0v) is 16.4. The maximum Gasteiger partial charge on any atom is 0.270 e. The minimum absolute atomic E-state index is 0.113. The van der Waals surface area contributed by atoms with E-state index in [-0.39, 0.29) is 10.8 Å². The number of hydrogen-bond acceptors (Lipinski definition) is 3. The number of carbonyl (C=O) groups is 1. The van der Waals surface area contributed by atoms with Crippen LogP contribution in [0.4, 0.5) is 5.69 Å². The van der Waals surface area contributed by atoms with Crippen molar-refractivity contribution in [3.8, 4) is 0 Å². The maximum atomic E-state index is 12.8. The van der Waals surface area contributed by atoms with Crippen LogP contribution >= 0.6 is 0 Å². The molecule has 1 amide bonds. The summed E-state index contributed by atoms with van der Waals surface area (Å²) in [6.45, 7) is 9.84. The molecule has 0 aliphatic carbocycles. The van der Waals surface area contributed by atoms with Crippen molar-refractivity contribution in [2.45, 2.75) is 39.1 Å². The van der Waals surface area contributed by atoms with Gasteiger partial charge in [-0.05, 0) is 49.1 Å². The van der Waals surface area contributed by atoms with E-state index in [9.17, 15) is 13.2 Å². The Morgan fingerprint density at radius 1 is 1.08 bits per heavy atom. The number of hydrogen-bond donors (Lipinski definition) is 1. The van der Waals surface area contributed by atoms with Crippen molar-refractivity contribution in [3.05, 3.63) is 47.3 Å². The van der Waals surface area contributed by atoms with E-state index in [4.69, 9.17) is 0 Å². The molecule has 3 rings (SSSR count). The maximum absolute atomic E-state index is 12.8. The number of amides is 1. The highest BCUT2D eigenvalue weighted by molar-refractivity contribution is 7.92. The quantitative estimate of drug-likeness (QED) is 0.873. The molecule has 0 spiro atoms. The van der Waals surface area contributed by atoms with Gasteiger partial charge in [-0.1, -0.05) is 19.9 Å². The van der Waals surface area contributed by atoms with Gasteiger partial charge >= 0.3 is 0 Å². The normalized spacial score (nSPS) is 14.7. The van der Waals surface area contributed by atoms with E-state index in [1.165, 1.54) is 6.07 Å². The lowest BCUT2D eigenvalue weighted by Crippen LogP contribution is -2.41. The van der Waals surface area contributed by atoms with Gasteiger partial charge in [-0.15, -0.1) is 0 Å². The molecule has 0 saturated carbocycles. The van der Waals surface area contributed by atoms with Crippen molar-refractivity contribution < 1.29 is 13.2 Å². The fourth-order valence-corrected chi connectivity index (χ4v) is 4.43. The first-order valence-electron chi connectivity index (χ1n) is 8.76. The highest BCUT2D eigenvalue weighted by atomic mass is 32.2. The Morgan fingerprint density at radius 3 is 2.35 bits per heavy atom. The van der Waals surface area contributed by atoms with E-state index in [1.54, 1.807) is 27.8 Å². The Balaban J connectivity index is 1.88. The summed E-state index contributed by atoms with van der Waals surface area (Å²) in [4.78, 5) is 14.5. The first-order chi connectivity index (χ1) is 12.2. The lowest BCUT2D eigenvalue weighted by molar-refractivity contribution is 0.0683. The highest BCUT2D eigenvalue weighted by Gasteiger charge is 2.28. The molecule has 7 heteroatoms. The second-order valence-corrected chi connectivity index (χ2v) is 9.06. The minimum atomic E-state index is -3.75. The number of rotatable bonds is 5. The molecule has 26 heavy (non-hydrogen) atoms. The first kappa shape index (κ1) is 18.5. The molecule has 0 unspecified atom stereocenters. The summed E-state index contributed by atoms with van der Waals surface area (Å²) in [6.07, 6.45) is 1.55. The van der Waals surface area contributed by atoms with Gasteiger partial charge in [0.05, 0.1) is 0 Å². The van der Waals surface area contributed by atoms with E-state index in [0.717, 1.165) is 11.1 Å². The molecular weight excluding hydrogens is 350 g/mol. The number of aromatic nitrogens is 1. The van der Waals surface area contributed by atoms with E-state index in [2.05, 4.69) is 18.6 Å². The topological polar surface area (TPSA) is 71.4 Å². The van der Waals surface area contributed by atoms with Crippen molar-refractivity contribution in [2.75, 3.05) is 17.8 Å². The number of benzene rings is 1. The predicted octanol–water partition coefficient (Wildman–Crippen LogP) is 3.02. The molecule has 0 atom stereocenters. The van der Waals surface area contributed by atoms with Gasteiger partial charge in [-0.25, -0.2) is 8.42 Å². The minimum Gasteiger partial charge on any atom is -0.340 e. The predicted molar refractivity (Wildman–Crippen MR) is 102 cm³/mol. The number of nitrogens with one attached hydrogen (secondary N) is 1. The van der Waals surface area contributed by atoms with Crippen molar-refractivity contribution in [1.82, 2.24) is 9.47 Å². The third-order valence-corrected chi connectivity index (χ3v) is 5.71. The smallest absolute Gasteiger partial charge is 0.270 e. The molecule has 2 aromatic rings. The van der Waals surface area contributed by atoms with Crippen LogP contribution in [0.15, 0.2) is 35.4 Å². The second-order valence-electron chi connectivity index (χ2n) is 7.38. The van der Waals surface area contributed by atoms with E-state index < -0.39 is 10.0 Å². The molecule has 1 N–H and O–H groups in total. The SMILES string of the molecule is Cc1cc(C)cc(NS(=O)(=O)c2cc3n(c2)CCN(CC(C)C)C3=O)c1. The number of aryl methyl sites for hydroxylation is 2. The average molecular weight is 375 g/mol. The van der Waals surface area contributed by atoms with Crippen molar-refractivity contribution >= 4 is 21.6 Å². The summed E-state index contributed by atoms with van der Waals surface area (Å²) in [5.74, 6) is 0.257. The number of anilines is 1. The van der Waals surface area contributed by atoms with Crippen molar-refractivity contribution in [3.63, 3.8) is 0 Å². The Hall–Kier alpha value is -2.28. The largest absolute Gasteiger partial charge is 0.340 e. The third-order valence-electron chi connectivity index (χ3n) is 4.36. The molecule has 0 saturated heterocycles. The zero-order valence-electron chi connectivity index (χ0n) is 15.6. The summed E-state index contributed by atoms with van der Waals surface area (Å²) in [5.41, 5.74) is 2.92. The van der Waals surface area contributed by atoms with Gasteiger partial charge in [-0.2, -0.15) is 0 Å². The van der Waals surface area contributed by atoms with Crippen LogP contribution < -0.4 is 4.72 Å². The van der Waals surface area contributed by atoms with Gasteiger partial charge in [0, 0.05) is 31.5 Å². The van der Waals surface area contributed by atoms with Crippen LogP contribution in [0.1, 0.15) is 35.5 Å². The van der Waals surface area contributed by atoms with E-state index in [1.807, 2.05) is 19.9 Å². The Kier molecular flexibility index (Phi) is 4.84. The molecule has 0 bridgehead atoms. The van der Waals surface area contributed by atoms with Crippen molar-refractivity contribution in [1.29, 1.82) is 0 Å². The fraction of sp³-hybridized carbons (Fsp3) is 0.421. The standard InChI is InChI=1S/C19H25N3O3S/c1-13(2)11-22-6-5-21-12-17(10-18(21)19(22)23)26(24,25)20-16-8-14(3)7-15(4)9-16/h7-10,12-13,20H,5-6,11H2,1-4H3. The lowest BCUT2D eigenvalue weighted by Gasteiger charge is -2.29. The van der Waals surface area contributed by atoms with Gasteiger partial charge in [-0.3, -0.25) is 9.52 Å². The number of fused-ring (bicyclic) bond motifs is 1. The summed E-state index contributed by atoms with van der Waals surface area (Å²) in [6, 6.07) is 7.03. The molecule has 1 aromatic carbocycles. The van der Waals surface area contributed by atoms with Crippen LogP contribution in [-0.2, 0) is 16.6 Å². The van der Waals surface area contributed by atoms with Gasteiger partial charge in [0.15, 0.2) is 0 Å². The second kappa shape index (κ2) is 6.79. The Bertz CT molecular complexity index is 925.